The molecule has 3 heteroatoms. The summed E-state index contributed by atoms with van der Waals surface area (Å²) in [5, 5.41) is 0. The monoisotopic (exact) mass is 212 g/mol. The highest BCUT2D eigenvalue weighted by molar-refractivity contribution is 5.57. The van der Waals surface area contributed by atoms with Crippen LogP contribution in [-0.2, 0) is 0 Å². The summed E-state index contributed by atoms with van der Waals surface area (Å²) in [5.74, 6) is 1.72. The molecule has 3 rings (SSSR count). The van der Waals surface area contributed by atoms with Gasteiger partial charge in [-0.1, -0.05) is 6.07 Å². The van der Waals surface area contributed by atoms with Crippen molar-refractivity contribution in [2.24, 2.45) is 0 Å². The largest absolute Gasteiger partial charge is 0.460 e. The van der Waals surface area contributed by atoms with Gasteiger partial charge in [0.2, 0.25) is 0 Å². The lowest BCUT2D eigenvalue weighted by Crippen LogP contribution is -1.82. The molecule has 0 saturated carbocycles. The lowest BCUT2D eigenvalue weighted by molar-refractivity contribution is 0.547. The zero-order valence-corrected chi connectivity index (χ0v) is 9.27. The van der Waals surface area contributed by atoms with Crippen molar-refractivity contribution in [1.82, 2.24) is 9.38 Å². The Labute approximate surface area is 93.4 Å². The van der Waals surface area contributed by atoms with Gasteiger partial charge in [-0.25, -0.2) is 4.98 Å². The molecule has 0 radical (unpaired) electrons. The van der Waals surface area contributed by atoms with Gasteiger partial charge in [-0.15, -0.1) is 0 Å². The third-order valence-electron chi connectivity index (χ3n) is 2.59. The fraction of sp³-hybridized carbons (Fsp3) is 0.154. The average Bonchev–Trinajstić information content (AvgIpc) is 2.83. The van der Waals surface area contributed by atoms with E-state index in [2.05, 4.69) is 24.2 Å². The molecule has 80 valence electrons. The number of rotatable bonds is 1. The smallest absolute Gasteiger partial charge is 0.154 e. The van der Waals surface area contributed by atoms with E-state index in [4.69, 9.17) is 4.42 Å². The van der Waals surface area contributed by atoms with Crippen molar-refractivity contribution in [2.75, 3.05) is 0 Å². The predicted molar refractivity (Wildman–Crippen MR) is 62.4 cm³/mol. The Balaban J connectivity index is 2.18. The van der Waals surface area contributed by atoms with E-state index in [0.717, 1.165) is 22.9 Å². The summed E-state index contributed by atoms with van der Waals surface area (Å²) in [5.41, 5.74) is 3.03. The summed E-state index contributed by atoms with van der Waals surface area (Å²) >= 11 is 0. The van der Waals surface area contributed by atoms with E-state index in [9.17, 15) is 0 Å². The maximum absolute atomic E-state index is 5.55. The summed E-state index contributed by atoms with van der Waals surface area (Å²) in [6, 6.07) is 7.96. The quantitative estimate of drug-likeness (QED) is 0.620. The summed E-state index contributed by atoms with van der Waals surface area (Å²) in [4.78, 5) is 4.51. The molecule has 0 amide bonds. The molecular formula is C13H12N2O. The minimum atomic E-state index is 0.818. The van der Waals surface area contributed by atoms with Crippen molar-refractivity contribution in [3.05, 3.63) is 48.0 Å². The van der Waals surface area contributed by atoms with Crippen molar-refractivity contribution >= 4 is 5.65 Å². The number of nitrogens with zero attached hydrogens (tertiary/aromatic N) is 2. The number of imidazole rings is 1. The van der Waals surface area contributed by atoms with E-state index in [1.807, 2.05) is 35.7 Å². The molecule has 3 aromatic heterocycles. The Hall–Kier alpha value is -2.03. The molecule has 3 heterocycles. The van der Waals surface area contributed by atoms with Gasteiger partial charge in [-0.05, 0) is 37.6 Å². The topological polar surface area (TPSA) is 30.4 Å². The van der Waals surface area contributed by atoms with Crippen LogP contribution in [0, 0.1) is 13.8 Å². The van der Waals surface area contributed by atoms with Crippen LogP contribution >= 0.6 is 0 Å². The Morgan fingerprint density at radius 2 is 1.94 bits per heavy atom. The van der Waals surface area contributed by atoms with Crippen molar-refractivity contribution in [3.8, 4) is 11.5 Å². The van der Waals surface area contributed by atoms with Crippen LogP contribution in [-0.4, -0.2) is 9.38 Å². The summed E-state index contributed by atoms with van der Waals surface area (Å²) in [6.07, 6.45) is 4.04. The van der Waals surface area contributed by atoms with Crippen molar-refractivity contribution in [2.45, 2.75) is 13.8 Å². The highest BCUT2D eigenvalue weighted by Crippen LogP contribution is 2.21. The van der Waals surface area contributed by atoms with Crippen molar-refractivity contribution < 1.29 is 4.42 Å². The van der Waals surface area contributed by atoms with E-state index in [1.54, 1.807) is 0 Å². The van der Waals surface area contributed by atoms with Crippen LogP contribution in [0.25, 0.3) is 17.1 Å². The molecule has 0 aromatic carbocycles. The van der Waals surface area contributed by atoms with Crippen LogP contribution in [0.4, 0.5) is 0 Å². The van der Waals surface area contributed by atoms with Gasteiger partial charge < -0.3 is 8.82 Å². The first-order chi connectivity index (χ1) is 7.72. The second kappa shape index (κ2) is 3.23. The van der Waals surface area contributed by atoms with Crippen LogP contribution in [0.2, 0.25) is 0 Å². The second-order valence-corrected chi connectivity index (χ2v) is 4.01. The maximum atomic E-state index is 5.55. The minimum absolute atomic E-state index is 0.818. The number of aromatic nitrogens is 2. The number of hydrogen-bond donors (Lipinski definition) is 0. The van der Waals surface area contributed by atoms with Crippen LogP contribution in [0.1, 0.15) is 11.3 Å². The normalized spacial score (nSPS) is 11.1. The molecule has 0 atom stereocenters. The first-order valence-electron chi connectivity index (χ1n) is 5.24. The van der Waals surface area contributed by atoms with Gasteiger partial charge in [-0.3, -0.25) is 0 Å². The second-order valence-electron chi connectivity index (χ2n) is 4.01. The number of furan rings is 1. The molecule has 0 N–H and O–H groups in total. The van der Waals surface area contributed by atoms with Gasteiger partial charge in [0.1, 0.15) is 17.1 Å². The maximum Gasteiger partial charge on any atom is 0.154 e. The van der Waals surface area contributed by atoms with Crippen LogP contribution in [0.3, 0.4) is 0 Å². The average molecular weight is 212 g/mol. The van der Waals surface area contributed by atoms with E-state index >= 15 is 0 Å². The molecule has 3 nitrogen and oxygen atoms in total. The summed E-state index contributed by atoms with van der Waals surface area (Å²) in [6.45, 7) is 4.00. The van der Waals surface area contributed by atoms with E-state index in [0.29, 0.717) is 0 Å². The molecule has 0 spiro atoms. The Morgan fingerprint density at radius 3 is 2.69 bits per heavy atom. The fourth-order valence-electron chi connectivity index (χ4n) is 1.79. The third-order valence-corrected chi connectivity index (χ3v) is 2.59. The Bertz CT molecular complexity index is 649. The van der Waals surface area contributed by atoms with Gasteiger partial charge in [0, 0.05) is 12.4 Å². The molecule has 0 aliphatic carbocycles. The standard InChI is InChI=1S/C13H12N2O/c1-9-3-6-13-14-11(8-15(13)7-9)12-5-4-10(2)16-12/h3-8H,1-2H3. The van der Waals surface area contributed by atoms with Crippen LogP contribution in [0.15, 0.2) is 41.1 Å². The molecule has 16 heavy (non-hydrogen) atoms. The van der Waals surface area contributed by atoms with E-state index < -0.39 is 0 Å². The molecule has 0 fully saturated rings. The number of hydrogen-bond acceptors (Lipinski definition) is 2. The van der Waals surface area contributed by atoms with Crippen LogP contribution in [0.5, 0.6) is 0 Å². The first kappa shape index (κ1) is 9.21. The Morgan fingerprint density at radius 1 is 1.06 bits per heavy atom. The zero-order chi connectivity index (χ0) is 11.1. The van der Waals surface area contributed by atoms with E-state index in [-0.39, 0.29) is 0 Å². The molecule has 0 aliphatic heterocycles. The third kappa shape index (κ3) is 1.41. The van der Waals surface area contributed by atoms with Gasteiger partial charge in [0.15, 0.2) is 5.76 Å². The summed E-state index contributed by atoms with van der Waals surface area (Å²) in [7, 11) is 0. The van der Waals surface area contributed by atoms with Gasteiger partial charge in [-0.2, -0.15) is 0 Å². The van der Waals surface area contributed by atoms with Gasteiger partial charge in [0.05, 0.1) is 0 Å². The van der Waals surface area contributed by atoms with Crippen molar-refractivity contribution in [3.63, 3.8) is 0 Å². The van der Waals surface area contributed by atoms with Gasteiger partial charge >= 0.3 is 0 Å². The fourth-order valence-corrected chi connectivity index (χ4v) is 1.79. The molecule has 0 saturated heterocycles. The lowest BCUT2D eigenvalue weighted by Gasteiger charge is -1.92. The predicted octanol–water partition coefficient (Wildman–Crippen LogP) is 3.21. The molecule has 0 unspecified atom stereocenters. The molecule has 0 bridgehead atoms. The SMILES string of the molecule is Cc1ccc2nc(-c3ccc(C)o3)cn2c1. The van der Waals surface area contributed by atoms with Crippen LogP contribution < -0.4 is 0 Å². The molecule has 0 aliphatic rings. The number of fused-ring (bicyclic) bond motifs is 1. The van der Waals surface area contributed by atoms with Crippen molar-refractivity contribution in [1.29, 1.82) is 0 Å². The zero-order valence-electron chi connectivity index (χ0n) is 9.27. The van der Waals surface area contributed by atoms with Gasteiger partial charge in [0.25, 0.3) is 0 Å². The molecular weight excluding hydrogens is 200 g/mol. The first-order valence-corrected chi connectivity index (χ1v) is 5.24. The minimum Gasteiger partial charge on any atom is -0.460 e. The lowest BCUT2D eigenvalue weighted by atomic mass is 10.3. The Kier molecular flexibility index (Phi) is 1.86. The highest BCUT2D eigenvalue weighted by Gasteiger charge is 2.07. The highest BCUT2D eigenvalue weighted by atomic mass is 16.3. The number of pyridine rings is 1. The summed E-state index contributed by atoms with van der Waals surface area (Å²) < 4.78 is 7.57. The van der Waals surface area contributed by atoms with E-state index in [1.165, 1.54) is 5.56 Å². The number of aryl methyl sites for hydroxylation is 2. The molecule has 3 aromatic rings.